The van der Waals surface area contributed by atoms with Crippen molar-refractivity contribution in [2.75, 3.05) is 0 Å². The molecule has 2 saturated carbocycles. The molecule has 2 aliphatic rings. The molecule has 0 aromatic carbocycles. The van der Waals surface area contributed by atoms with Gasteiger partial charge < -0.3 is 5.32 Å². The predicted octanol–water partition coefficient (Wildman–Crippen LogP) is 3.72. The number of aromatic nitrogens is 2. The van der Waals surface area contributed by atoms with E-state index in [1.807, 2.05) is 6.92 Å². The summed E-state index contributed by atoms with van der Waals surface area (Å²) in [6.45, 7) is 3.55. The molecule has 0 spiro atoms. The summed E-state index contributed by atoms with van der Waals surface area (Å²) < 4.78 is 26.9. The Hall–Kier alpha value is -1.17. The van der Waals surface area contributed by atoms with E-state index in [-0.39, 0.29) is 23.5 Å². The topological polar surface area (TPSA) is 46.9 Å². The van der Waals surface area contributed by atoms with Crippen LogP contribution < -0.4 is 5.32 Å². The summed E-state index contributed by atoms with van der Waals surface area (Å²) in [6, 6.07) is 0.110. The van der Waals surface area contributed by atoms with Gasteiger partial charge in [-0.25, -0.2) is 8.78 Å². The van der Waals surface area contributed by atoms with Crippen molar-refractivity contribution in [1.82, 2.24) is 15.1 Å². The molecule has 2 fully saturated rings. The third kappa shape index (κ3) is 3.23. The van der Waals surface area contributed by atoms with Crippen molar-refractivity contribution in [1.29, 1.82) is 0 Å². The Kier molecular flexibility index (Phi) is 4.63. The molecule has 128 valence electrons. The fourth-order valence-electron chi connectivity index (χ4n) is 4.29. The highest BCUT2D eigenvalue weighted by molar-refractivity contribution is 6.31. The second-order valence-corrected chi connectivity index (χ2v) is 7.32. The number of carbonyl (C=O) groups excluding carboxylic acids is 1. The number of hydrogen-bond acceptors (Lipinski definition) is 2. The predicted molar refractivity (Wildman–Crippen MR) is 83.5 cm³/mol. The first kappa shape index (κ1) is 16.7. The molecule has 3 rings (SSSR count). The minimum absolute atomic E-state index is 0.0612. The number of nitrogens with one attached hydrogen (secondary N) is 1. The normalized spacial score (nSPS) is 27.7. The van der Waals surface area contributed by atoms with Crippen LogP contribution in [-0.2, 0) is 11.3 Å². The number of nitrogens with zero attached hydrogens (tertiary/aromatic N) is 2. The van der Waals surface area contributed by atoms with Gasteiger partial charge in [-0.2, -0.15) is 5.10 Å². The first-order valence-corrected chi connectivity index (χ1v) is 8.55. The lowest BCUT2D eigenvalue weighted by Crippen LogP contribution is -2.41. The average Bonchev–Trinajstić information content (AvgIpc) is 3.17. The Morgan fingerprint density at radius 1 is 1.43 bits per heavy atom. The smallest absolute Gasteiger partial charge is 0.283 e. The van der Waals surface area contributed by atoms with E-state index in [0.29, 0.717) is 11.6 Å². The zero-order valence-corrected chi connectivity index (χ0v) is 14.1. The van der Waals surface area contributed by atoms with Gasteiger partial charge in [-0.3, -0.25) is 9.48 Å². The van der Waals surface area contributed by atoms with Crippen LogP contribution in [0, 0.1) is 24.7 Å². The maximum absolute atomic E-state index is 12.8. The molecule has 4 atom stereocenters. The molecule has 23 heavy (non-hydrogen) atoms. The Labute approximate surface area is 139 Å². The van der Waals surface area contributed by atoms with Crippen LogP contribution in [0.3, 0.4) is 0 Å². The highest BCUT2D eigenvalue weighted by atomic mass is 35.5. The van der Waals surface area contributed by atoms with Crippen LogP contribution >= 0.6 is 11.6 Å². The van der Waals surface area contributed by atoms with Gasteiger partial charge in [0.05, 0.1) is 10.7 Å². The first-order chi connectivity index (χ1) is 10.9. The van der Waals surface area contributed by atoms with E-state index in [1.165, 1.54) is 30.4 Å². The lowest BCUT2D eigenvalue weighted by Gasteiger charge is -2.28. The Balaban J connectivity index is 1.60. The number of alkyl halides is 2. The Morgan fingerprint density at radius 3 is 2.70 bits per heavy atom. The molecular formula is C16H22ClF2N3O. The van der Waals surface area contributed by atoms with E-state index in [0.717, 1.165) is 11.8 Å². The number of halogens is 3. The van der Waals surface area contributed by atoms with Crippen LogP contribution in [0.15, 0.2) is 0 Å². The number of amides is 1. The van der Waals surface area contributed by atoms with Crippen LogP contribution in [0.5, 0.6) is 0 Å². The molecule has 1 aromatic rings. The zero-order valence-electron chi connectivity index (χ0n) is 13.4. The molecule has 1 amide bonds. The molecule has 0 saturated heterocycles. The number of rotatable bonds is 5. The third-order valence-corrected chi connectivity index (χ3v) is 5.95. The highest BCUT2D eigenvalue weighted by Crippen LogP contribution is 2.49. The number of carbonyl (C=O) groups is 1. The second kappa shape index (κ2) is 6.38. The van der Waals surface area contributed by atoms with Crippen molar-refractivity contribution in [3.05, 3.63) is 16.4 Å². The van der Waals surface area contributed by atoms with Crippen molar-refractivity contribution >= 4 is 17.5 Å². The molecule has 1 aromatic heterocycles. The molecule has 2 bridgehead atoms. The van der Waals surface area contributed by atoms with Gasteiger partial charge >= 0.3 is 0 Å². The Bertz CT molecular complexity index is 604. The van der Waals surface area contributed by atoms with Crippen LogP contribution in [-0.4, -0.2) is 21.7 Å². The SMILES string of the molecule is Cc1c(Cl)c(C(F)F)nn1CC(=O)N[C@@H](C)[C@H]1C[C@@H]2CC[C@@H]1C2. The largest absolute Gasteiger partial charge is 0.352 e. The van der Waals surface area contributed by atoms with Crippen molar-refractivity contribution < 1.29 is 13.6 Å². The summed E-state index contributed by atoms with van der Waals surface area (Å²) in [5, 5.41) is 6.71. The van der Waals surface area contributed by atoms with Gasteiger partial charge in [0.15, 0.2) is 0 Å². The summed E-state index contributed by atoms with van der Waals surface area (Å²) in [5.41, 5.74) is -0.0668. The summed E-state index contributed by atoms with van der Waals surface area (Å²) in [6.07, 6.45) is 2.33. The van der Waals surface area contributed by atoms with Crippen molar-refractivity contribution in [2.24, 2.45) is 17.8 Å². The molecule has 1 heterocycles. The van der Waals surface area contributed by atoms with Crippen LogP contribution in [0.25, 0.3) is 0 Å². The van der Waals surface area contributed by atoms with Crippen LogP contribution in [0.4, 0.5) is 8.78 Å². The van der Waals surface area contributed by atoms with E-state index in [2.05, 4.69) is 10.4 Å². The third-order valence-electron chi connectivity index (χ3n) is 5.48. The maximum atomic E-state index is 12.8. The minimum Gasteiger partial charge on any atom is -0.352 e. The standard InChI is InChI=1S/C16H22ClF2N3O/c1-8(12-6-10-3-4-11(12)5-10)20-13(23)7-22-9(2)14(17)15(21-22)16(18)19/h8,10-12,16H,3-7H2,1-2H3,(H,20,23)/t8-,10+,11+,12+/m0/s1. The van der Waals surface area contributed by atoms with Gasteiger partial charge in [-0.15, -0.1) is 0 Å². The minimum atomic E-state index is -2.74. The average molecular weight is 346 g/mol. The fourth-order valence-corrected chi connectivity index (χ4v) is 4.51. The van der Waals surface area contributed by atoms with E-state index < -0.39 is 12.1 Å². The van der Waals surface area contributed by atoms with Gasteiger partial charge in [0, 0.05) is 6.04 Å². The molecule has 2 aliphatic carbocycles. The molecule has 0 aliphatic heterocycles. The zero-order chi connectivity index (χ0) is 16.7. The van der Waals surface area contributed by atoms with Gasteiger partial charge in [0.25, 0.3) is 6.43 Å². The Morgan fingerprint density at radius 2 is 2.17 bits per heavy atom. The quantitative estimate of drug-likeness (QED) is 0.884. The summed E-state index contributed by atoms with van der Waals surface area (Å²) in [4.78, 5) is 12.2. The van der Waals surface area contributed by atoms with Gasteiger partial charge in [-0.05, 0) is 50.9 Å². The van der Waals surface area contributed by atoms with E-state index in [1.54, 1.807) is 6.92 Å². The molecule has 1 N–H and O–H groups in total. The summed E-state index contributed by atoms with van der Waals surface area (Å²) in [5.74, 6) is 1.88. The van der Waals surface area contributed by atoms with Crippen molar-refractivity contribution in [3.63, 3.8) is 0 Å². The van der Waals surface area contributed by atoms with Gasteiger partial charge in [0.2, 0.25) is 5.91 Å². The van der Waals surface area contributed by atoms with E-state index in [4.69, 9.17) is 11.6 Å². The maximum Gasteiger partial charge on any atom is 0.283 e. The van der Waals surface area contributed by atoms with Crippen LogP contribution in [0.1, 0.15) is 50.4 Å². The lowest BCUT2D eigenvalue weighted by atomic mass is 9.84. The molecular weight excluding hydrogens is 324 g/mol. The molecule has 0 radical (unpaired) electrons. The summed E-state index contributed by atoms with van der Waals surface area (Å²) >= 11 is 5.85. The van der Waals surface area contributed by atoms with E-state index >= 15 is 0 Å². The molecule has 4 nitrogen and oxygen atoms in total. The highest BCUT2D eigenvalue weighted by Gasteiger charge is 2.42. The fraction of sp³-hybridized carbons (Fsp3) is 0.750. The van der Waals surface area contributed by atoms with E-state index in [9.17, 15) is 13.6 Å². The van der Waals surface area contributed by atoms with Crippen LogP contribution in [0.2, 0.25) is 5.02 Å². The second-order valence-electron chi connectivity index (χ2n) is 6.94. The molecule has 7 heteroatoms. The van der Waals surface area contributed by atoms with Crippen molar-refractivity contribution in [2.45, 2.75) is 58.5 Å². The molecule has 0 unspecified atom stereocenters. The lowest BCUT2D eigenvalue weighted by molar-refractivity contribution is -0.123. The van der Waals surface area contributed by atoms with Gasteiger partial charge in [-0.1, -0.05) is 18.0 Å². The summed E-state index contributed by atoms with van der Waals surface area (Å²) in [7, 11) is 0. The number of hydrogen-bond donors (Lipinski definition) is 1. The number of fused-ring (bicyclic) bond motifs is 2. The first-order valence-electron chi connectivity index (χ1n) is 8.17. The van der Waals surface area contributed by atoms with Crippen molar-refractivity contribution in [3.8, 4) is 0 Å². The monoisotopic (exact) mass is 345 g/mol. The van der Waals surface area contributed by atoms with Gasteiger partial charge in [0.1, 0.15) is 12.2 Å².